The minimum atomic E-state index is -4.65. The van der Waals surface area contributed by atoms with Crippen LogP contribution in [0.5, 0.6) is 5.75 Å². The third-order valence-electron chi connectivity index (χ3n) is 6.53. The van der Waals surface area contributed by atoms with E-state index in [0.717, 1.165) is 10.4 Å². The summed E-state index contributed by atoms with van der Waals surface area (Å²) in [5.41, 5.74) is 0.184. The van der Waals surface area contributed by atoms with E-state index in [1.54, 1.807) is 19.1 Å². The fourth-order valence-corrected chi connectivity index (χ4v) is 6.25. The maximum absolute atomic E-state index is 14.1. The summed E-state index contributed by atoms with van der Waals surface area (Å²) in [6, 6.07) is 11.2. The van der Waals surface area contributed by atoms with Crippen LogP contribution in [0.4, 0.5) is 11.4 Å². The van der Waals surface area contributed by atoms with Crippen molar-refractivity contribution in [1.29, 1.82) is 0 Å². The van der Waals surface area contributed by atoms with E-state index in [2.05, 4.69) is 5.32 Å². The molecule has 1 atom stereocenters. The zero-order chi connectivity index (χ0) is 32.1. The van der Waals surface area contributed by atoms with Crippen molar-refractivity contribution < 1.29 is 27.7 Å². The molecule has 0 aromatic heterocycles. The lowest BCUT2D eigenvalue weighted by Crippen LogP contribution is -2.51. The van der Waals surface area contributed by atoms with Crippen LogP contribution >= 0.6 is 34.8 Å². The molecule has 3 aromatic carbocycles. The highest BCUT2D eigenvalue weighted by Crippen LogP contribution is 2.36. The quantitative estimate of drug-likeness (QED) is 0.195. The highest BCUT2D eigenvalue weighted by atomic mass is 35.5. The second kappa shape index (κ2) is 14.3. The molecule has 43 heavy (non-hydrogen) atoms. The normalized spacial score (nSPS) is 11.9. The van der Waals surface area contributed by atoms with E-state index >= 15 is 0 Å². The Balaban J connectivity index is 2.18. The number of ether oxygens (including phenoxy) is 1. The molecular weight excluding hydrogens is 643 g/mol. The van der Waals surface area contributed by atoms with Gasteiger partial charge in [0.2, 0.25) is 11.8 Å². The number of sulfonamides is 1. The molecular formula is C28H29Cl3N4O7S. The number of nitro groups is 1. The number of methoxy groups -OCH3 is 1. The minimum absolute atomic E-state index is 0.0615. The third-order valence-corrected chi connectivity index (χ3v) is 9.11. The average molecular weight is 672 g/mol. The number of hydrogen-bond acceptors (Lipinski definition) is 7. The summed E-state index contributed by atoms with van der Waals surface area (Å²) < 4.78 is 34.4. The number of amides is 2. The predicted molar refractivity (Wildman–Crippen MR) is 166 cm³/mol. The molecule has 11 nitrogen and oxygen atoms in total. The fourth-order valence-electron chi connectivity index (χ4n) is 4.18. The van der Waals surface area contributed by atoms with Crippen LogP contribution in [0.2, 0.25) is 15.1 Å². The number of aryl methyl sites for hydroxylation is 1. The van der Waals surface area contributed by atoms with Gasteiger partial charge in [0.15, 0.2) is 0 Å². The standard InChI is InChI=1S/C28H29Cl3N4O7S/c1-5-32-28(37)18(3)33(15-19-7-8-20(29)12-23(19)31)27(36)16-34(25-13-21(30)9-11-26(25)42-4)43(40,41)22-10-6-17(2)24(14-22)35(38)39/h6-14,18H,5,15-16H2,1-4H3,(H,32,37)/t18-/m1/s1. The highest BCUT2D eigenvalue weighted by Gasteiger charge is 2.35. The van der Waals surface area contributed by atoms with Crippen molar-refractivity contribution in [3.05, 3.63) is 90.9 Å². The number of rotatable bonds is 12. The van der Waals surface area contributed by atoms with Gasteiger partial charge in [0.05, 0.1) is 22.6 Å². The molecule has 230 valence electrons. The Kier molecular flexibility index (Phi) is 11.2. The number of nitrogens with zero attached hydrogens (tertiary/aromatic N) is 3. The van der Waals surface area contributed by atoms with Crippen molar-refractivity contribution in [1.82, 2.24) is 10.2 Å². The molecule has 1 N–H and O–H groups in total. The Bertz CT molecular complexity index is 1650. The van der Waals surface area contributed by atoms with Crippen molar-refractivity contribution in [2.45, 2.75) is 38.3 Å². The zero-order valence-electron chi connectivity index (χ0n) is 23.6. The molecule has 0 unspecified atom stereocenters. The van der Waals surface area contributed by atoms with E-state index in [9.17, 15) is 28.1 Å². The summed E-state index contributed by atoms with van der Waals surface area (Å²) >= 11 is 18.6. The first-order valence-electron chi connectivity index (χ1n) is 12.8. The SMILES string of the molecule is CCNC(=O)[C@@H](C)N(Cc1ccc(Cl)cc1Cl)C(=O)CN(c1cc(Cl)ccc1OC)S(=O)(=O)c1ccc(C)c([N+](=O)[O-])c1. The molecule has 0 aliphatic rings. The molecule has 0 aliphatic heterocycles. The van der Waals surface area contributed by atoms with E-state index in [-0.39, 0.29) is 33.6 Å². The van der Waals surface area contributed by atoms with Crippen LogP contribution in [-0.4, -0.2) is 56.3 Å². The lowest BCUT2D eigenvalue weighted by Gasteiger charge is -2.32. The monoisotopic (exact) mass is 670 g/mol. The van der Waals surface area contributed by atoms with Crippen LogP contribution < -0.4 is 14.4 Å². The Labute approximate surface area is 264 Å². The van der Waals surface area contributed by atoms with Crippen LogP contribution in [0.15, 0.2) is 59.5 Å². The topological polar surface area (TPSA) is 139 Å². The van der Waals surface area contributed by atoms with Crippen molar-refractivity contribution in [3.63, 3.8) is 0 Å². The van der Waals surface area contributed by atoms with Gasteiger partial charge in [-0.05, 0) is 62.7 Å². The summed E-state index contributed by atoms with van der Waals surface area (Å²) in [5, 5.41) is 15.0. The fraction of sp³-hybridized carbons (Fsp3) is 0.286. The Hall–Kier alpha value is -3.58. The van der Waals surface area contributed by atoms with Crippen molar-refractivity contribution in [2.24, 2.45) is 0 Å². The van der Waals surface area contributed by atoms with Gasteiger partial charge in [0, 0.05) is 39.8 Å². The molecule has 0 bridgehead atoms. The van der Waals surface area contributed by atoms with Gasteiger partial charge in [-0.25, -0.2) is 8.42 Å². The molecule has 2 amide bonds. The number of carbonyl (C=O) groups excluding carboxylic acids is 2. The van der Waals surface area contributed by atoms with Gasteiger partial charge < -0.3 is 15.0 Å². The number of anilines is 1. The van der Waals surface area contributed by atoms with Crippen LogP contribution in [-0.2, 0) is 26.2 Å². The van der Waals surface area contributed by atoms with Gasteiger partial charge in [-0.2, -0.15) is 0 Å². The van der Waals surface area contributed by atoms with Gasteiger partial charge in [0.25, 0.3) is 15.7 Å². The average Bonchev–Trinajstić information content (AvgIpc) is 2.95. The summed E-state index contributed by atoms with van der Waals surface area (Å²) in [6.45, 7) is 3.99. The molecule has 0 spiro atoms. The van der Waals surface area contributed by atoms with Crippen LogP contribution in [0.3, 0.4) is 0 Å². The molecule has 0 fully saturated rings. The lowest BCUT2D eigenvalue weighted by atomic mass is 10.1. The van der Waals surface area contributed by atoms with Crippen molar-refractivity contribution in [2.75, 3.05) is 24.5 Å². The second-order valence-electron chi connectivity index (χ2n) is 9.36. The number of likely N-dealkylation sites (N-methyl/N-ethyl adjacent to an activating group) is 1. The molecule has 0 heterocycles. The first-order chi connectivity index (χ1) is 20.2. The van der Waals surface area contributed by atoms with E-state index < -0.39 is 49.9 Å². The third kappa shape index (κ3) is 7.88. The summed E-state index contributed by atoms with van der Waals surface area (Å²) in [7, 11) is -3.34. The number of nitrogens with one attached hydrogen (secondary N) is 1. The number of nitro benzene ring substituents is 1. The smallest absolute Gasteiger partial charge is 0.273 e. The molecule has 0 saturated carbocycles. The lowest BCUT2D eigenvalue weighted by molar-refractivity contribution is -0.385. The molecule has 3 aromatic rings. The Morgan fingerprint density at radius 3 is 2.30 bits per heavy atom. The predicted octanol–water partition coefficient (Wildman–Crippen LogP) is 5.62. The summed E-state index contributed by atoms with van der Waals surface area (Å²) in [5.74, 6) is -1.20. The first kappa shape index (κ1) is 33.9. The molecule has 3 rings (SSSR count). The van der Waals surface area contributed by atoms with Gasteiger partial charge in [0.1, 0.15) is 18.3 Å². The maximum Gasteiger partial charge on any atom is 0.273 e. The summed E-state index contributed by atoms with van der Waals surface area (Å²) in [6.07, 6.45) is 0. The Morgan fingerprint density at radius 2 is 1.70 bits per heavy atom. The number of carbonyl (C=O) groups is 2. The van der Waals surface area contributed by atoms with Crippen molar-refractivity contribution >= 4 is 68.0 Å². The highest BCUT2D eigenvalue weighted by molar-refractivity contribution is 7.92. The molecule has 0 saturated heterocycles. The minimum Gasteiger partial charge on any atom is -0.495 e. The van der Waals surface area contributed by atoms with E-state index in [4.69, 9.17) is 39.5 Å². The largest absolute Gasteiger partial charge is 0.495 e. The number of hydrogen-bond donors (Lipinski definition) is 1. The molecule has 15 heteroatoms. The molecule has 0 aliphatic carbocycles. The van der Waals surface area contributed by atoms with Gasteiger partial charge >= 0.3 is 0 Å². The number of halogens is 3. The van der Waals surface area contributed by atoms with Gasteiger partial charge in [-0.3, -0.25) is 24.0 Å². The second-order valence-corrected chi connectivity index (χ2v) is 12.5. The van der Waals surface area contributed by atoms with Crippen LogP contribution in [0.1, 0.15) is 25.0 Å². The van der Waals surface area contributed by atoms with Gasteiger partial charge in [-0.15, -0.1) is 0 Å². The summed E-state index contributed by atoms with van der Waals surface area (Å²) in [4.78, 5) is 38.6. The Morgan fingerprint density at radius 1 is 1.05 bits per heavy atom. The maximum atomic E-state index is 14.1. The van der Waals surface area contributed by atoms with Crippen LogP contribution in [0, 0.1) is 17.0 Å². The van der Waals surface area contributed by atoms with Crippen molar-refractivity contribution in [3.8, 4) is 5.75 Å². The van der Waals surface area contributed by atoms with Crippen LogP contribution in [0.25, 0.3) is 0 Å². The van der Waals surface area contributed by atoms with Gasteiger partial charge in [-0.1, -0.05) is 46.9 Å². The van der Waals surface area contributed by atoms with E-state index in [0.29, 0.717) is 17.1 Å². The first-order valence-corrected chi connectivity index (χ1v) is 15.4. The van der Waals surface area contributed by atoms with E-state index in [1.807, 2.05) is 0 Å². The molecule has 0 radical (unpaired) electrons. The van der Waals surface area contributed by atoms with E-state index in [1.165, 1.54) is 62.3 Å². The number of benzene rings is 3. The zero-order valence-corrected chi connectivity index (χ0v) is 26.7.